The average Bonchev–Trinajstić information content (AvgIpc) is 2.36. The molecule has 2 aromatic carbocycles. The summed E-state index contributed by atoms with van der Waals surface area (Å²) in [7, 11) is 0. The van der Waals surface area contributed by atoms with E-state index in [-0.39, 0.29) is 0 Å². The normalized spacial score (nSPS) is 10.9. The number of benzene rings is 2. The molecule has 2 rings (SSSR count). The van der Waals surface area contributed by atoms with Gasteiger partial charge in [0.1, 0.15) is 5.69 Å². The molecule has 98 valence electrons. The van der Waals surface area contributed by atoms with E-state index in [0.29, 0.717) is 15.7 Å². The van der Waals surface area contributed by atoms with Crippen LogP contribution in [0.25, 0.3) is 0 Å². The van der Waals surface area contributed by atoms with Gasteiger partial charge in [-0.15, -0.1) is 5.11 Å². The number of halogens is 3. The fraction of sp³-hybridized carbons (Fsp3) is 0.0769. The Morgan fingerprint density at radius 1 is 1.11 bits per heavy atom. The lowest BCUT2D eigenvalue weighted by Gasteiger charge is -2.03. The molecule has 0 atom stereocenters. The Labute approximate surface area is 129 Å². The van der Waals surface area contributed by atoms with Gasteiger partial charge in [-0.1, -0.05) is 34.5 Å². The van der Waals surface area contributed by atoms with E-state index in [9.17, 15) is 0 Å². The molecule has 2 aromatic rings. The highest BCUT2D eigenvalue weighted by Gasteiger charge is 2.01. The minimum atomic E-state index is 0.534. The molecule has 0 fully saturated rings. The van der Waals surface area contributed by atoms with Gasteiger partial charge in [0.05, 0.1) is 10.7 Å². The molecule has 0 aliphatic carbocycles. The fourth-order valence-electron chi connectivity index (χ4n) is 1.41. The van der Waals surface area contributed by atoms with E-state index in [2.05, 4.69) is 31.7 Å². The second kappa shape index (κ2) is 6.37. The smallest absolute Gasteiger partial charge is 0.102 e. The van der Waals surface area contributed by atoms with Gasteiger partial charge < -0.3 is 0 Å². The van der Waals surface area contributed by atoms with Crippen LogP contribution in [0.1, 0.15) is 5.56 Å². The summed E-state index contributed by atoms with van der Waals surface area (Å²) in [6.07, 6.45) is 0. The Hall–Kier alpha value is -1.10. The van der Waals surface area contributed by atoms with Gasteiger partial charge >= 0.3 is 0 Å². The van der Waals surface area contributed by atoms with Crippen molar-refractivity contribution in [2.45, 2.75) is 6.92 Å². The predicted octanol–water partition coefficient (Wildman–Crippen LogP) is 6.18. The number of aryl methyl sites for hydroxylation is 1. The van der Waals surface area contributed by atoms with Gasteiger partial charge in [-0.2, -0.15) is 0 Å². The van der Waals surface area contributed by atoms with Crippen LogP contribution in [0, 0.1) is 6.92 Å². The lowest BCUT2D eigenvalue weighted by Crippen LogP contribution is -1.87. The molecule has 6 heteroatoms. The molecule has 3 nitrogen and oxygen atoms in total. The highest BCUT2D eigenvalue weighted by molar-refractivity contribution is 9.10. The lowest BCUT2D eigenvalue weighted by molar-refractivity contribution is 1.12. The van der Waals surface area contributed by atoms with E-state index >= 15 is 0 Å². The minimum Gasteiger partial charge on any atom is -0.258 e. The van der Waals surface area contributed by atoms with Crippen molar-refractivity contribution in [2.24, 2.45) is 10.3 Å². The molecule has 0 heterocycles. The van der Waals surface area contributed by atoms with Gasteiger partial charge in [0.25, 0.3) is 0 Å². The van der Waals surface area contributed by atoms with Crippen molar-refractivity contribution in [2.75, 3.05) is 5.43 Å². The molecule has 0 amide bonds. The molecular formula is C13H10BrCl2N3. The van der Waals surface area contributed by atoms with Crippen LogP contribution in [0.5, 0.6) is 0 Å². The Kier molecular flexibility index (Phi) is 4.80. The van der Waals surface area contributed by atoms with Gasteiger partial charge in [-0.05, 0) is 58.7 Å². The maximum atomic E-state index is 6.00. The van der Waals surface area contributed by atoms with E-state index in [1.165, 1.54) is 0 Å². The van der Waals surface area contributed by atoms with E-state index in [4.69, 9.17) is 23.2 Å². The SMILES string of the molecule is Cc1ccc(N=NNc2cc(Cl)ccc2Cl)c(Br)c1. The lowest BCUT2D eigenvalue weighted by atomic mass is 10.2. The predicted molar refractivity (Wildman–Crippen MR) is 83.5 cm³/mol. The third kappa shape index (κ3) is 3.93. The van der Waals surface area contributed by atoms with Crippen LogP contribution in [-0.2, 0) is 0 Å². The molecule has 0 unspecified atom stereocenters. The summed E-state index contributed by atoms with van der Waals surface area (Å²) < 4.78 is 0.884. The number of nitrogens with one attached hydrogen (secondary N) is 1. The third-order valence-electron chi connectivity index (χ3n) is 2.36. The topological polar surface area (TPSA) is 36.8 Å². The largest absolute Gasteiger partial charge is 0.258 e. The second-order valence-corrected chi connectivity index (χ2v) is 5.59. The van der Waals surface area contributed by atoms with Crippen molar-refractivity contribution in [3.05, 3.63) is 56.5 Å². The van der Waals surface area contributed by atoms with Crippen LogP contribution < -0.4 is 5.43 Å². The van der Waals surface area contributed by atoms with Gasteiger partial charge in [-0.25, -0.2) is 0 Å². The molecule has 1 N–H and O–H groups in total. The van der Waals surface area contributed by atoms with E-state index < -0.39 is 0 Å². The van der Waals surface area contributed by atoms with Crippen molar-refractivity contribution < 1.29 is 0 Å². The standard InChI is InChI=1S/C13H10BrCl2N3/c1-8-2-5-12(10(14)6-8)17-19-18-13-7-9(15)3-4-11(13)16/h2-7H,1H3,(H,17,18). The summed E-state index contributed by atoms with van der Waals surface area (Å²) in [5, 5.41) is 9.10. The van der Waals surface area contributed by atoms with Crippen molar-refractivity contribution >= 4 is 50.5 Å². The molecule has 0 aliphatic rings. The zero-order valence-corrected chi connectivity index (χ0v) is 13.1. The van der Waals surface area contributed by atoms with Crippen LogP contribution in [0.4, 0.5) is 11.4 Å². The Bertz CT molecular complexity index is 629. The number of hydrogen-bond acceptors (Lipinski definition) is 2. The van der Waals surface area contributed by atoms with Crippen LogP contribution in [0.15, 0.2) is 51.2 Å². The van der Waals surface area contributed by atoms with Crippen molar-refractivity contribution in [1.29, 1.82) is 0 Å². The molecule has 19 heavy (non-hydrogen) atoms. The third-order valence-corrected chi connectivity index (χ3v) is 3.56. The van der Waals surface area contributed by atoms with Gasteiger partial charge in [0.2, 0.25) is 0 Å². The number of hydrogen-bond donors (Lipinski definition) is 1. The molecule has 0 saturated carbocycles. The van der Waals surface area contributed by atoms with Crippen molar-refractivity contribution in [3.8, 4) is 0 Å². The molecule has 0 aliphatic heterocycles. The quantitative estimate of drug-likeness (QED) is 0.516. The van der Waals surface area contributed by atoms with E-state index in [0.717, 1.165) is 15.7 Å². The molecule has 0 aromatic heterocycles. The summed E-state index contributed by atoms with van der Waals surface area (Å²) in [5.74, 6) is 0. The van der Waals surface area contributed by atoms with Crippen LogP contribution >= 0.6 is 39.1 Å². The molecule has 0 saturated heterocycles. The van der Waals surface area contributed by atoms with E-state index in [1.807, 2.05) is 25.1 Å². The van der Waals surface area contributed by atoms with Crippen LogP contribution in [0.3, 0.4) is 0 Å². The summed E-state index contributed by atoms with van der Waals surface area (Å²) in [6, 6.07) is 10.9. The molecule has 0 spiro atoms. The molecular weight excluding hydrogens is 349 g/mol. The van der Waals surface area contributed by atoms with Gasteiger partial charge in [0.15, 0.2) is 0 Å². The zero-order chi connectivity index (χ0) is 13.8. The zero-order valence-electron chi connectivity index (χ0n) is 9.99. The maximum Gasteiger partial charge on any atom is 0.102 e. The highest BCUT2D eigenvalue weighted by Crippen LogP contribution is 2.28. The summed E-state index contributed by atoms with van der Waals surface area (Å²) in [6.45, 7) is 2.01. The number of nitrogens with zero attached hydrogens (tertiary/aromatic N) is 2. The fourth-order valence-corrected chi connectivity index (χ4v) is 2.31. The first-order valence-corrected chi connectivity index (χ1v) is 6.99. The second-order valence-electron chi connectivity index (χ2n) is 3.89. The summed E-state index contributed by atoms with van der Waals surface area (Å²) >= 11 is 15.3. The van der Waals surface area contributed by atoms with Crippen molar-refractivity contribution in [3.63, 3.8) is 0 Å². The van der Waals surface area contributed by atoms with Crippen molar-refractivity contribution in [1.82, 2.24) is 0 Å². The Morgan fingerprint density at radius 2 is 1.89 bits per heavy atom. The minimum absolute atomic E-state index is 0.534. The molecule has 0 radical (unpaired) electrons. The van der Waals surface area contributed by atoms with Crippen LogP contribution in [-0.4, -0.2) is 0 Å². The average molecular weight is 359 g/mol. The Balaban J connectivity index is 2.13. The van der Waals surface area contributed by atoms with E-state index in [1.54, 1.807) is 18.2 Å². The first kappa shape index (κ1) is 14.3. The summed E-state index contributed by atoms with van der Waals surface area (Å²) in [5.41, 5.74) is 5.26. The van der Waals surface area contributed by atoms with Gasteiger partial charge in [0, 0.05) is 9.50 Å². The summed E-state index contributed by atoms with van der Waals surface area (Å²) in [4.78, 5) is 0. The first-order chi connectivity index (χ1) is 9.06. The van der Waals surface area contributed by atoms with Gasteiger partial charge in [-0.3, -0.25) is 5.43 Å². The first-order valence-electron chi connectivity index (χ1n) is 5.44. The maximum absolute atomic E-state index is 6.00. The monoisotopic (exact) mass is 357 g/mol. The number of rotatable bonds is 3. The van der Waals surface area contributed by atoms with Crippen LogP contribution in [0.2, 0.25) is 10.0 Å². The molecule has 0 bridgehead atoms. The highest BCUT2D eigenvalue weighted by atomic mass is 79.9. The number of anilines is 1. The Morgan fingerprint density at radius 3 is 2.63 bits per heavy atom.